The Morgan fingerprint density at radius 3 is 2.64 bits per heavy atom. The van der Waals surface area contributed by atoms with Gasteiger partial charge in [0.25, 0.3) is 0 Å². The highest BCUT2D eigenvalue weighted by Crippen LogP contribution is 2.09. The first-order valence-corrected chi connectivity index (χ1v) is 5.25. The van der Waals surface area contributed by atoms with Gasteiger partial charge in [0.15, 0.2) is 0 Å². The molecule has 1 atom stereocenters. The molecule has 0 radical (unpaired) electrons. The number of ether oxygens (including phenoxy) is 1. The fourth-order valence-electron chi connectivity index (χ4n) is 1.10. The lowest BCUT2D eigenvalue weighted by atomic mass is 10.2. The van der Waals surface area contributed by atoms with Gasteiger partial charge < -0.3 is 9.84 Å². The van der Waals surface area contributed by atoms with Crippen molar-refractivity contribution in [3.8, 4) is 0 Å². The van der Waals surface area contributed by atoms with Gasteiger partial charge in [-0.3, -0.25) is 0 Å². The van der Waals surface area contributed by atoms with Crippen LogP contribution in [0.5, 0.6) is 0 Å². The molecular formula is C12H22O2. The second kappa shape index (κ2) is 7.63. The van der Waals surface area contributed by atoms with E-state index in [0.29, 0.717) is 12.2 Å². The zero-order chi connectivity index (χ0) is 11.0. The van der Waals surface area contributed by atoms with Crippen LogP contribution in [0.2, 0.25) is 0 Å². The van der Waals surface area contributed by atoms with Gasteiger partial charge in [-0.15, -0.1) is 0 Å². The fraction of sp³-hybridized carbons (Fsp3) is 0.667. The molecule has 0 aromatic heterocycles. The van der Waals surface area contributed by atoms with Crippen LogP contribution in [0.15, 0.2) is 24.5 Å². The Kier molecular flexibility index (Phi) is 7.21. The van der Waals surface area contributed by atoms with E-state index >= 15 is 0 Å². The maximum absolute atomic E-state index is 9.53. The van der Waals surface area contributed by atoms with Gasteiger partial charge in [-0.05, 0) is 20.3 Å². The van der Waals surface area contributed by atoms with Gasteiger partial charge in [0.1, 0.15) is 0 Å². The minimum Gasteiger partial charge on any atom is -0.496 e. The number of aliphatic hydroxyl groups is 1. The van der Waals surface area contributed by atoms with Crippen molar-refractivity contribution in [1.82, 2.24) is 0 Å². The van der Waals surface area contributed by atoms with Gasteiger partial charge in [-0.25, -0.2) is 0 Å². The Balaban J connectivity index is 3.70. The normalized spacial score (nSPS) is 13.5. The van der Waals surface area contributed by atoms with E-state index in [2.05, 4.69) is 13.5 Å². The minimum atomic E-state index is -0.465. The maximum atomic E-state index is 9.53. The molecule has 1 N–H and O–H groups in total. The van der Waals surface area contributed by atoms with Crippen LogP contribution < -0.4 is 0 Å². The molecule has 0 saturated carbocycles. The van der Waals surface area contributed by atoms with Crippen molar-refractivity contribution in [2.45, 2.75) is 52.2 Å². The van der Waals surface area contributed by atoms with Crippen molar-refractivity contribution in [2.75, 3.05) is 0 Å². The fourth-order valence-corrected chi connectivity index (χ4v) is 1.10. The summed E-state index contributed by atoms with van der Waals surface area (Å²) in [5, 5.41) is 9.53. The van der Waals surface area contributed by atoms with Crippen molar-refractivity contribution in [3.05, 3.63) is 24.5 Å². The lowest BCUT2D eigenvalue weighted by Gasteiger charge is -2.13. The van der Waals surface area contributed by atoms with Crippen molar-refractivity contribution < 1.29 is 9.84 Å². The minimum absolute atomic E-state index is 0.134. The number of allylic oxidation sites excluding steroid dienone is 1. The summed E-state index contributed by atoms with van der Waals surface area (Å²) in [4.78, 5) is 0. The molecule has 0 spiro atoms. The van der Waals surface area contributed by atoms with Crippen LogP contribution in [0, 0.1) is 0 Å². The van der Waals surface area contributed by atoms with Gasteiger partial charge in [-0.1, -0.05) is 32.1 Å². The first-order chi connectivity index (χ1) is 6.56. The Morgan fingerprint density at radius 2 is 2.14 bits per heavy atom. The Bertz CT molecular complexity index is 183. The van der Waals surface area contributed by atoms with Crippen LogP contribution >= 0.6 is 0 Å². The summed E-state index contributed by atoms with van der Waals surface area (Å²) >= 11 is 0. The first-order valence-electron chi connectivity index (χ1n) is 5.25. The van der Waals surface area contributed by atoms with Gasteiger partial charge in [0.2, 0.25) is 0 Å². The third-order valence-electron chi connectivity index (χ3n) is 1.65. The number of unbranched alkanes of at least 4 members (excludes halogenated alkanes) is 1. The van der Waals surface area contributed by atoms with Gasteiger partial charge >= 0.3 is 0 Å². The summed E-state index contributed by atoms with van der Waals surface area (Å²) in [7, 11) is 0. The zero-order valence-electron chi connectivity index (χ0n) is 9.49. The third-order valence-corrected chi connectivity index (χ3v) is 1.65. The first kappa shape index (κ1) is 13.2. The van der Waals surface area contributed by atoms with Crippen LogP contribution in [0.1, 0.15) is 40.0 Å². The predicted molar refractivity (Wildman–Crippen MR) is 60.0 cm³/mol. The summed E-state index contributed by atoms with van der Waals surface area (Å²) in [5.41, 5.74) is 0. The number of hydrogen-bond acceptors (Lipinski definition) is 2. The number of hydrogen-bond donors (Lipinski definition) is 1. The molecule has 0 bridgehead atoms. The molecule has 0 aromatic carbocycles. The Morgan fingerprint density at radius 1 is 1.50 bits per heavy atom. The molecule has 1 unspecified atom stereocenters. The van der Waals surface area contributed by atoms with Crippen LogP contribution in [0.25, 0.3) is 0 Å². The van der Waals surface area contributed by atoms with Gasteiger partial charge in [0, 0.05) is 6.42 Å². The molecule has 0 fully saturated rings. The van der Waals surface area contributed by atoms with Crippen LogP contribution in [0.3, 0.4) is 0 Å². The molecule has 2 nitrogen and oxygen atoms in total. The van der Waals surface area contributed by atoms with Crippen LogP contribution in [-0.4, -0.2) is 17.3 Å². The quantitative estimate of drug-likeness (QED) is 0.503. The second-order valence-corrected chi connectivity index (χ2v) is 3.69. The molecule has 82 valence electrons. The van der Waals surface area contributed by atoms with E-state index < -0.39 is 6.10 Å². The predicted octanol–water partition coefficient (Wildman–Crippen LogP) is 3.03. The van der Waals surface area contributed by atoms with E-state index in [9.17, 15) is 5.11 Å². The second-order valence-electron chi connectivity index (χ2n) is 3.69. The third kappa shape index (κ3) is 7.87. The van der Waals surface area contributed by atoms with E-state index in [0.717, 1.165) is 12.8 Å². The van der Waals surface area contributed by atoms with E-state index in [-0.39, 0.29) is 6.10 Å². The molecule has 0 saturated heterocycles. The smallest absolute Gasteiger partial charge is 0.0926 e. The SMILES string of the molecule is C=C(CC(O)/C=C/CCC)OC(C)C. The summed E-state index contributed by atoms with van der Waals surface area (Å²) in [5.74, 6) is 0.647. The standard InChI is InChI=1S/C12H22O2/c1-5-6-7-8-12(13)9-11(4)14-10(2)3/h7-8,10,12-13H,4-6,9H2,1-3H3/b8-7+. The highest BCUT2D eigenvalue weighted by Gasteiger charge is 2.04. The molecule has 0 aliphatic carbocycles. The van der Waals surface area contributed by atoms with Crippen molar-refractivity contribution in [3.63, 3.8) is 0 Å². The average Bonchev–Trinajstić information content (AvgIpc) is 2.02. The molecule has 0 amide bonds. The molecule has 2 heteroatoms. The van der Waals surface area contributed by atoms with E-state index in [1.165, 1.54) is 0 Å². The van der Waals surface area contributed by atoms with Crippen molar-refractivity contribution in [1.29, 1.82) is 0 Å². The summed E-state index contributed by atoms with van der Waals surface area (Å²) in [6.07, 6.45) is 6.06. The molecule has 0 heterocycles. The number of rotatable bonds is 7. The molecule has 0 aliphatic rings. The highest BCUT2D eigenvalue weighted by molar-refractivity contribution is 4.96. The average molecular weight is 198 g/mol. The lowest BCUT2D eigenvalue weighted by Crippen LogP contribution is -2.08. The van der Waals surface area contributed by atoms with E-state index in [1.807, 2.05) is 19.9 Å². The molecule has 0 rings (SSSR count). The summed E-state index contributed by atoms with van der Waals surface area (Å²) < 4.78 is 5.34. The molecular weight excluding hydrogens is 176 g/mol. The molecule has 0 aliphatic heterocycles. The van der Waals surface area contributed by atoms with E-state index in [4.69, 9.17) is 4.74 Å². The summed E-state index contributed by atoms with van der Waals surface area (Å²) in [6.45, 7) is 9.75. The van der Waals surface area contributed by atoms with Gasteiger partial charge in [-0.2, -0.15) is 0 Å². The van der Waals surface area contributed by atoms with Crippen molar-refractivity contribution in [2.24, 2.45) is 0 Å². The lowest BCUT2D eigenvalue weighted by molar-refractivity contribution is 0.117. The maximum Gasteiger partial charge on any atom is 0.0926 e. The van der Waals surface area contributed by atoms with Crippen molar-refractivity contribution >= 4 is 0 Å². The Hall–Kier alpha value is -0.760. The topological polar surface area (TPSA) is 29.5 Å². The Labute approximate surface area is 87.3 Å². The largest absolute Gasteiger partial charge is 0.496 e. The molecule has 0 aromatic rings. The highest BCUT2D eigenvalue weighted by atomic mass is 16.5. The molecule has 14 heavy (non-hydrogen) atoms. The van der Waals surface area contributed by atoms with Gasteiger partial charge in [0.05, 0.1) is 18.0 Å². The van der Waals surface area contributed by atoms with Crippen LogP contribution in [0.4, 0.5) is 0 Å². The summed E-state index contributed by atoms with van der Waals surface area (Å²) in [6, 6.07) is 0. The zero-order valence-corrected chi connectivity index (χ0v) is 9.49. The van der Waals surface area contributed by atoms with E-state index in [1.54, 1.807) is 6.08 Å². The monoisotopic (exact) mass is 198 g/mol. The number of aliphatic hydroxyl groups excluding tert-OH is 1. The van der Waals surface area contributed by atoms with Crippen LogP contribution in [-0.2, 0) is 4.74 Å².